The predicted octanol–water partition coefficient (Wildman–Crippen LogP) is 5.61. The number of hydrogen-bond acceptors (Lipinski definition) is 7. The third kappa shape index (κ3) is 4.70. The minimum absolute atomic E-state index is 0.0943. The molecule has 0 atom stereocenters. The van der Waals surface area contributed by atoms with Gasteiger partial charge in [-0.3, -0.25) is 4.98 Å². The number of aryl methyl sites for hydroxylation is 1. The summed E-state index contributed by atoms with van der Waals surface area (Å²) < 4.78 is 34.2. The fraction of sp³-hybridized carbons (Fsp3) is 0.105. The number of anilines is 4. The molecule has 0 bridgehead atoms. The molecule has 31 heavy (non-hydrogen) atoms. The number of nitrogens with zero attached hydrogens (tertiary/aromatic N) is 2. The fourth-order valence-corrected chi connectivity index (χ4v) is 3.33. The van der Waals surface area contributed by atoms with Crippen LogP contribution in [-0.2, 0) is 0 Å². The number of hydrogen-bond donors (Lipinski definition) is 3. The zero-order valence-corrected chi connectivity index (χ0v) is 17.2. The van der Waals surface area contributed by atoms with Gasteiger partial charge in [-0.1, -0.05) is 23.2 Å². The lowest BCUT2D eigenvalue weighted by molar-refractivity contribution is -0.0497. The van der Waals surface area contributed by atoms with Crippen molar-refractivity contribution in [3.05, 3.63) is 62.7 Å². The molecule has 0 aliphatic carbocycles. The number of alkyl halides is 2. The second kappa shape index (κ2) is 8.40. The summed E-state index contributed by atoms with van der Waals surface area (Å²) in [6.07, 6.45) is 1.59. The zero-order chi connectivity index (χ0) is 22.1. The first-order valence-electron chi connectivity index (χ1n) is 8.73. The van der Waals surface area contributed by atoms with Crippen LogP contribution in [-0.4, -0.2) is 21.6 Å². The highest BCUT2D eigenvalue weighted by Gasteiger charge is 2.15. The first-order chi connectivity index (χ1) is 14.8. The van der Waals surface area contributed by atoms with Crippen molar-refractivity contribution in [2.75, 3.05) is 10.6 Å². The summed E-state index contributed by atoms with van der Waals surface area (Å²) in [5.74, 6) is -0.152. The highest BCUT2D eigenvalue weighted by Crippen LogP contribution is 2.37. The maximum Gasteiger partial charge on any atom is 0.417 e. The molecule has 160 valence electrons. The monoisotopic (exact) mass is 467 g/mol. The number of rotatable bonds is 6. The molecule has 2 aromatic carbocycles. The quantitative estimate of drug-likeness (QED) is 0.338. The number of oxazole rings is 1. The molecule has 0 spiro atoms. The predicted molar refractivity (Wildman–Crippen MR) is 113 cm³/mol. The molecule has 4 rings (SSSR count). The van der Waals surface area contributed by atoms with E-state index in [0.717, 1.165) is 5.56 Å². The minimum atomic E-state index is -3.05. The van der Waals surface area contributed by atoms with Crippen molar-refractivity contribution >= 4 is 57.4 Å². The Morgan fingerprint density at radius 3 is 2.58 bits per heavy atom. The van der Waals surface area contributed by atoms with E-state index in [9.17, 15) is 13.6 Å². The highest BCUT2D eigenvalue weighted by atomic mass is 35.5. The van der Waals surface area contributed by atoms with Crippen LogP contribution >= 0.6 is 23.2 Å². The van der Waals surface area contributed by atoms with Gasteiger partial charge in [-0.25, -0.2) is 9.78 Å². The van der Waals surface area contributed by atoms with Crippen LogP contribution in [0.15, 0.2) is 45.7 Å². The van der Waals surface area contributed by atoms with Crippen LogP contribution in [0.25, 0.3) is 11.1 Å². The van der Waals surface area contributed by atoms with Gasteiger partial charge in [0, 0.05) is 23.1 Å². The Bertz CT molecular complexity index is 1300. The average Bonchev–Trinajstić information content (AvgIpc) is 3.06. The number of ether oxygens (including phenoxy) is 1. The number of aromatic amines is 1. The third-order valence-corrected chi connectivity index (χ3v) is 4.68. The molecule has 0 fully saturated rings. The molecule has 0 aliphatic rings. The van der Waals surface area contributed by atoms with Crippen molar-refractivity contribution in [1.29, 1.82) is 0 Å². The number of halogens is 4. The van der Waals surface area contributed by atoms with Gasteiger partial charge in [0.25, 0.3) is 0 Å². The van der Waals surface area contributed by atoms with E-state index in [1.54, 1.807) is 24.4 Å². The highest BCUT2D eigenvalue weighted by molar-refractivity contribution is 6.37. The minimum Gasteiger partial charge on any atom is -0.432 e. The summed E-state index contributed by atoms with van der Waals surface area (Å²) in [7, 11) is 0. The Morgan fingerprint density at radius 2 is 1.87 bits per heavy atom. The van der Waals surface area contributed by atoms with Crippen LogP contribution in [0.1, 0.15) is 5.56 Å². The molecule has 4 aromatic rings. The van der Waals surface area contributed by atoms with E-state index in [0.29, 0.717) is 28.3 Å². The fourth-order valence-electron chi connectivity index (χ4n) is 2.76. The van der Waals surface area contributed by atoms with Crippen molar-refractivity contribution in [3.63, 3.8) is 0 Å². The molecular formula is C19H13Cl2F2N5O3. The van der Waals surface area contributed by atoms with Crippen LogP contribution in [0, 0.1) is 6.92 Å². The summed E-state index contributed by atoms with van der Waals surface area (Å²) in [5.41, 5.74) is 2.77. The van der Waals surface area contributed by atoms with Gasteiger partial charge in [0.05, 0.1) is 15.6 Å². The first kappa shape index (κ1) is 20.9. The van der Waals surface area contributed by atoms with Gasteiger partial charge in [-0.2, -0.15) is 13.8 Å². The van der Waals surface area contributed by atoms with Crippen molar-refractivity contribution in [2.45, 2.75) is 13.5 Å². The Hall–Kier alpha value is -3.37. The smallest absolute Gasteiger partial charge is 0.417 e. The molecule has 2 aromatic heterocycles. The van der Waals surface area contributed by atoms with E-state index >= 15 is 0 Å². The SMILES string of the molecule is Cc1cnc(Nc2cc(Cl)c(OC(F)F)c(Cl)c2)nc1Nc1ccc2oc(=O)[nH]c2c1. The molecule has 0 radical (unpaired) electrons. The topological polar surface area (TPSA) is 105 Å². The number of benzene rings is 2. The summed E-state index contributed by atoms with van der Waals surface area (Å²) >= 11 is 12.0. The summed E-state index contributed by atoms with van der Waals surface area (Å²) in [6, 6.07) is 7.82. The van der Waals surface area contributed by atoms with E-state index < -0.39 is 12.4 Å². The van der Waals surface area contributed by atoms with Gasteiger partial charge in [-0.05, 0) is 37.3 Å². The Balaban J connectivity index is 1.58. The second-order valence-corrected chi connectivity index (χ2v) is 7.16. The van der Waals surface area contributed by atoms with Gasteiger partial charge in [0.1, 0.15) is 5.82 Å². The van der Waals surface area contributed by atoms with Crippen LogP contribution in [0.3, 0.4) is 0 Å². The molecule has 12 heteroatoms. The van der Waals surface area contributed by atoms with Gasteiger partial charge in [-0.15, -0.1) is 0 Å². The molecular weight excluding hydrogens is 455 g/mol. The molecule has 0 saturated heterocycles. The van der Waals surface area contributed by atoms with Gasteiger partial charge in [0.2, 0.25) is 5.95 Å². The third-order valence-electron chi connectivity index (χ3n) is 4.11. The summed E-state index contributed by atoms with van der Waals surface area (Å²) in [6.45, 7) is -1.24. The van der Waals surface area contributed by atoms with E-state index in [1.807, 2.05) is 6.92 Å². The van der Waals surface area contributed by atoms with Crippen molar-refractivity contribution in [1.82, 2.24) is 15.0 Å². The van der Waals surface area contributed by atoms with E-state index in [2.05, 4.69) is 30.3 Å². The van der Waals surface area contributed by atoms with Crippen LogP contribution < -0.4 is 21.1 Å². The number of nitrogens with one attached hydrogen (secondary N) is 3. The molecule has 8 nitrogen and oxygen atoms in total. The number of H-pyrrole nitrogens is 1. The summed E-state index contributed by atoms with van der Waals surface area (Å²) in [5, 5.41) is 5.87. The van der Waals surface area contributed by atoms with E-state index in [4.69, 9.17) is 27.6 Å². The second-order valence-electron chi connectivity index (χ2n) is 6.35. The Kier molecular flexibility index (Phi) is 5.66. The van der Waals surface area contributed by atoms with Crippen LogP contribution in [0.4, 0.5) is 31.9 Å². The maximum absolute atomic E-state index is 12.5. The van der Waals surface area contributed by atoms with E-state index in [1.165, 1.54) is 12.1 Å². The van der Waals surface area contributed by atoms with Crippen molar-refractivity contribution < 1.29 is 17.9 Å². The zero-order valence-electron chi connectivity index (χ0n) is 15.7. The van der Waals surface area contributed by atoms with Gasteiger partial charge >= 0.3 is 12.4 Å². The largest absolute Gasteiger partial charge is 0.432 e. The first-order valence-corrected chi connectivity index (χ1v) is 9.48. The van der Waals surface area contributed by atoms with Crippen molar-refractivity contribution in [2.24, 2.45) is 0 Å². The van der Waals surface area contributed by atoms with Crippen LogP contribution in [0.5, 0.6) is 5.75 Å². The average molecular weight is 468 g/mol. The molecule has 0 unspecified atom stereocenters. The summed E-state index contributed by atoms with van der Waals surface area (Å²) in [4.78, 5) is 22.5. The molecule has 0 saturated carbocycles. The number of fused-ring (bicyclic) bond motifs is 1. The maximum atomic E-state index is 12.5. The lowest BCUT2D eigenvalue weighted by atomic mass is 10.2. The normalized spacial score (nSPS) is 11.2. The van der Waals surface area contributed by atoms with E-state index in [-0.39, 0.29) is 21.7 Å². The van der Waals surface area contributed by atoms with Gasteiger partial charge < -0.3 is 19.8 Å². The molecule has 0 amide bonds. The lowest BCUT2D eigenvalue weighted by Crippen LogP contribution is -2.05. The van der Waals surface area contributed by atoms with Crippen molar-refractivity contribution in [3.8, 4) is 5.75 Å². The molecule has 2 heterocycles. The molecule has 0 aliphatic heterocycles. The Morgan fingerprint density at radius 1 is 1.13 bits per heavy atom. The Labute approximate surface area is 183 Å². The number of aromatic nitrogens is 3. The van der Waals surface area contributed by atoms with Gasteiger partial charge in [0.15, 0.2) is 11.3 Å². The van der Waals surface area contributed by atoms with Crippen LogP contribution in [0.2, 0.25) is 10.0 Å². The standard InChI is InChI=1S/C19H13Cl2F2N5O3/c1-8-7-24-18(26-10-4-11(20)15(12(21)5-10)31-17(22)23)28-16(8)25-9-2-3-14-13(6-9)27-19(29)30-14/h2-7,17H,1H3,(H,27,29)(H2,24,25,26,28). The lowest BCUT2D eigenvalue weighted by Gasteiger charge is -2.13. The molecule has 3 N–H and O–H groups in total.